The topological polar surface area (TPSA) is 90.9 Å². The van der Waals surface area contributed by atoms with E-state index in [-0.39, 0.29) is 18.1 Å². The van der Waals surface area contributed by atoms with Gasteiger partial charge in [0.15, 0.2) is 0 Å². The normalized spacial score (nSPS) is 12.3. The van der Waals surface area contributed by atoms with E-state index in [0.717, 1.165) is 0 Å². The Hall–Kier alpha value is -2.05. The Morgan fingerprint density at radius 2 is 1.73 bits per heavy atom. The fourth-order valence-corrected chi connectivity index (χ4v) is 1.43. The van der Waals surface area contributed by atoms with Crippen molar-refractivity contribution in [1.82, 2.24) is 5.32 Å². The summed E-state index contributed by atoms with van der Waals surface area (Å²) in [5.74, 6) is -1.34. The zero-order chi connectivity index (χ0) is 17.5. The number of alkyl carbamates (subject to hydrolysis) is 1. The highest BCUT2D eigenvalue weighted by molar-refractivity contribution is 5.90. The Labute approximate surface area is 131 Å². The molecule has 0 aliphatic rings. The van der Waals surface area contributed by atoms with Crippen molar-refractivity contribution in [3.8, 4) is 0 Å². The van der Waals surface area contributed by atoms with Crippen LogP contribution in [0, 0.1) is 0 Å². The average molecular weight is 315 g/mol. The van der Waals surface area contributed by atoms with Crippen LogP contribution in [0.4, 0.5) is 4.79 Å². The minimum Gasteiger partial charge on any atom is -0.466 e. The second kappa shape index (κ2) is 8.41. The minimum absolute atomic E-state index is 0.0446. The quantitative estimate of drug-likeness (QED) is 0.458. The zero-order valence-corrected chi connectivity index (χ0v) is 14.0. The van der Waals surface area contributed by atoms with Crippen LogP contribution in [0.5, 0.6) is 0 Å². The zero-order valence-electron chi connectivity index (χ0n) is 14.0. The summed E-state index contributed by atoms with van der Waals surface area (Å²) in [5, 5.41) is 2.38. The number of hydrogen-bond donors (Lipinski definition) is 1. The van der Waals surface area contributed by atoms with Crippen LogP contribution in [0.2, 0.25) is 0 Å². The Balaban J connectivity index is 4.98. The summed E-state index contributed by atoms with van der Waals surface area (Å²) in [6.45, 7) is 12.0. The molecule has 7 nitrogen and oxygen atoms in total. The standard InChI is InChI=1S/C15H25NO6/c1-9(2)21-14(19)16-11(8-10(3)12(17)20-7)13(18)22-15(4,5)6/h9,11H,3,8H2,1-2,4-7H3,(H,16,19)/t11-/m0/s1. The van der Waals surface area contributed by atoms with E-state index < -0.39 is 29.7 Å². The molecule has 0 aromatic heterocycles. The van der Waals surface area contributed by atoms with Crippen LogP contribution in [0.1, 0.15) is 41.0 Å². The minimum atomic E-state index is -1.09. The van der Waals surface area contributed by atoms with Crippen LogP contribution < -0.4 is 5.32 Å². The van der Waals surface area contributed by atoms with Gasteiger partial charge in [-0.2, -0.15) is 0 Å². The number of hydrogen-bond acceptors (Lipinski definition) is 6. The van der Waals surface area contributed by atoms with Crippen molar-refractivity contribution in [2.45, 2.75) is 58.8 Å². The first-order valence-electron chi connectivity index (χ1n) is 6.92. The first-order chi connectivity index (χ1) is 9.96. The molecular weight excluding hydrogens is 290 g/mol. The number of esters is 2. The molecule has 1 N–H and O–H groups in total. The van der Waals surface area contributed by atoms with E-state index in [2.05, 4.69) is 16.6 Å². The van der Waals surface area contributed by atoms with E-state index in [1.165, 1.54) is 7.11 Å². The molecule has 22 heavy (non-hydrogen) atoms. The van der Waals surface area contributed by atoms with Gasteiger partial charge in [-0.25, -0.2) is 14.4 Å². The molecule has 1 amide bonds. The van der Waals surface area contributed by atoms with Crippen molar-refractivity contribution in [2.75, 3.05) is 7.11 Å². The second-order valence-corrected chi connectivity index (χ2v) is 5.98. The smallest absolute Gasteiger partial charge is 0.408 e. The predicted octanol–water partition coefficient (Wildman–Crippen LogP) is 1.95. The van der Waals surface area contributed by atoms with E-state index >= 15 is 0 Å². The lowest BCUT2D eigenvalue weighted by Gasteiger charge is -2.24. The van der Waals surface area contributed by atoms with Crippen molar-refractivity contribution in [3.63, 3.8) is 0 Å². The first-order valence-corrected chi connectivity index (χ1v) is 6.92. The number of amides is 1. The molecule has 126 valence electrons. The van der Waals surface area contributed by atoms with Gasteiger partial charge in [0.05, 0.1) is 13.2 Å². The predicted molar refractivity (Wildman–Crippen MR) is 80.2 cm³/mol. The summed E-state index contributed by atoms with van der Waals surface area (Å²) in [4.78, 5) is 35.2. The lowest BCUT2D eigenvalue weighted by Crippen LogP contribution is -2.45. The van der Waals surface area contributed by atoms with Crippen molar-refractivity contribution in [3.05, 3.63) is 12.2 Å². The molecule has 0 saturated heterocycles. The van der Waals surface area contributed by atoms with Crippen molar-refractivity contribution >= 4 is 18.0 Å². The van der Waals surface area contributed by atoms with Crippen molar-refractivity contribution < 1.29 is 28.6 Å². The van der Waals surface area contributed by atoms with Crippen LogP contribution >= 0.6 is 0 Å². The van der Waals surface area contributed by atoms with Gasteiger partial charge >= 0.3 is 18.0 Å². The van der Waals surface area contributed by atoms with Crippen molar-refractivity contribution in [1.29, 1.82) is 0 Å². The number of ether oxygens (including phenoxy) is 3. The van der Waals surface area contributed by atoms with Gasteiger partial charge in [-0.05, 0) is 34.6 Å². The molecule has 0 aromatic rings. The van der Waals surface area contributed by atoms with Gasteiger partial charge in [0, 0.05) is 12.0 Å². The van der Waals surface area contributed by atoms with E-state index in [4.69, 9.17) is 9.47 Å². The molecule has 0 aromatic carbocycles. The van der Waals surface area contributed by atoms with Gasteiger partial charge in [0.1, 0.15) is 11.6 Å². The second-order valence-electron chi connectivity index (χ2n) is 5.98. The van der Waals surface area contributed by atoms with Gasteiger partial charge in [-0.15, -0.1) is 0 Å². The van der Waals surface area contributed by atoms with E-state index in [1.54, 1.807) is 34.6 Å². The summed E-state index contributed by atoms with van der Waals surface area (Å²) in [7, 11) is 1.20. The highest BCUT2D eigenvalue weighted by Gasteiger charge is 2.29. The van der Waals surface area contributed by atoms with Crippen LogP contribution in [0.15, 0.2) is 12.2 Å². The molecule has 0 fully saturated rings. The number of rotatable bonds is 6. The first kappa shape index (κ1) is 19.9. The lowest BCUT2D eigenvalue weighted by atomic mass is 10.1. The number of carbonyl (C=O) groups excluding carboxylic acids is 3. The van der Waals surface area contributed by atoms with E-state index in [9.17, 15) is 14.4 Å². The van der Waals surface area contributed by atoms with Crippen LogP contribution in [-0.4, -0.2) is 42.9 Å². The van der Waals surface area contributed by atoms with Gasteiger partial charge < -0.3 is 19.5 Å². The number of methoxy groups -OCH3 is 1. The van der Waals surface area contributed by atoms with Crippen LogP contribution in [0.25, 0.3) is 0 Å². The monoisotopic (exact) mass is 315 g/mol. The highest BCUT2D eigenvalue weighted by Crippen LogP contribution is 2.13. The van der Waals surface area contributed by atoms with Gasteiger partial charge in [-0.3, -0.25) is 0 Å². The summed E-state index contributed by atoms with van der Waals surface area (Å²) >= 11 is 0. The molecule has 0 bridgehead atoms. The van der Waals surface area contributed by atoms with Gasteiger partial charge in [0.25, 0.3) is 0 Å². The molecule has 0 saturated carbocycles. The van der Waals surface area contributed by atoms with Crippen molar-refractivity contribution in [2.24, 2.45) is 0 Å². The molecule has 1 atom stereocenters. The fourth-order valence-electron chi connectivity index (χ4n) is 1.43. The summed E-state index contributed by atoms with van der Waals surface area (Å²) < 4.78 is 14.7. The molecule has 0 radical (unpaired) electrons. The van der Waals surface area contributed by atoms with E-state index in [0.29, 0.717) is 0 Å². The molecule has 0 unspecified atom stereocenters. The Kier molecular flexibility index (Phi) is 7.62. The summed E-state index contributed by atoms with van der Waals surface area (Å²) in [5.41, 5.74) is -0.686. The largest absolute Gasteiger partial charge is 0.466 e. The van der Waals surface area contributed by atoms with Gasteiger partial charge in [0.2, 0.25) is 0 Å². The number of nitrogens with one attached hydrogen (secondary N) is 1. The van der Waals surface area contributed by atoms with Crippen LogP contribution in [-0.2, 0) is 23.8 Å². The fraction of sp³-hybridized carbons (Fsp3) is 0.667. The van der Waals surface area contributed by atoms with Crippen LogP contribution in [0.3, 0.4) is 0 Å². The molecule has 0 heterocycles. The SMILES string of the molecule is C=C(C[C@H](NC(=O)OC(C)C)C(=O)OC(C)(C)C)C(=O)OC. The average Bonchev–Trinajstić information content (AvgIpc) is 2.33. The molecule has 0 rings (SSSR count). The molecule has 0 aliphatic heterocycles. The molecule has 7 heteroatoms. The van der Waals surface area contributed by atoms with E-state index in [1.807, 2.05) is 0 Å². The molecule has 0 spiro atoms. The Morgan fingerprint density at radius 3 is 2.14 bits per heavy atom. The lowest BCUT2D eigenvalue weighted by molar-refractivity contribution is -0.157. The maximum Gasteiger partial charge on any atom is 0.408 e. The Morgan fingerprint density at radius 1 is 1.18 bits per heavy atom. The maximum absolute atomic E-state index is 12.1. The third-order valence-electron chi connectivity index (χ3n) is 2.25. The summed E-state index contributed by atoms with van der Waals surface area (Å²) in [6.07, 6.45) is -1.25. The molecular formula is C15H25NO6. The van der Waals surface area contributed by atoms with Gasteiger partial charge in [-0.1, -0.05) is 6.58 Å². The highest BCUT2D eigenvalue weighted by atomic mass is 16.6. The maximum atomic E-state index is 12.1. The molecule has 0 aliphatic carbocycles. The number of carbonyl (C=O) groups is 3. The summed E-state index contributed by atoms with van der Waals surface area (Å²) in [6, 6.07) is -1.09. The third-order valence-corrected chi connectivity index (χ3v) is 2.25. The third kappa shape index (κ3) is 8.28. The Bertz CT molecular complexity index is 436.